The number of nitrogens with zero attached hydrogens (tertiary/aromatic N) is 3. The molecule has 0 aromatic carbocycles. The second-order valence-electron chi connectivity index (χ2n) is 7.28. The third-order valence-electron chi connectivity index (χ3n) is 5.49. The fourth-order valence-corrected chi connectivity index (χ4v) is 4.21. The third-order valence-corrected chi connectivity index (χ3v) is 5.49. The van der Waals surface area contributed by atoms with Crippen molar-refractivity contribution in [3.63, 3.8) is 0 Å². The Morgan fingerprint density at radius 2 is 2.23 bits per heavy atom. The number of likely N-dealkylation sites (tertiary alicyclic amines) is 1. The summed E-state index contributed by atoms with van der Waals surface area (Å²) in [7, 11) is 1.38. The van der Waals surface area contributed by atoms with Crippen molar-refractivity contribution < 1.29 is 19.4 Å². The summed E-state index contributed by atoms with van der Waals surface area (Å²) in [6.07, 6.45) is 5.77. The number of pyridine rings is 1. The molecule has 1 aromatic rings. The first-order chi connectivity index (χ1) is 12.6. The van der Waals surface area contributed by atoms with Gasteiger partial charge in [0, 0.05) is 50.8 Å². The van der Waals surface area contributed by atoms with E-state index in [4.69, 9.17) is 9.84 Å². The molecule has 0 aliphatic carbocycles. The number of methoxy groups -OCH3 is 1. The van der Waals surface area contributed by atoms with Gasteiger partial charge in [-0.2, -0.15) is 0 Å². The van der Waals surface area contributed by atoms with Crippen LogP contribution in [0.4, 0.5) is 5.82 Å². The highest BCUT2D eigenvalue weighted by molar-refractivity contribution is 5.94. The average molecular weight is 361 g/mol. The molecule has 2 fully saturated rings. The van der Waals surface area contributed by atoms with Crippen molar-refractivity contribution in [3.05, 3.63) is 23.9 Å². The summed E-state index contributed by atoms with van der Waals surface area (Å²) in [5.41, 5.74) is 0.503. The smallest absolute Gasteiger partial charge is 0.341 e. The number of ether oxygens (including phenoxy) is 1. The highest BCUT2D eigenvalue weighted by Crippen LogP contribution is 2.40. The van der Waals surface area contributed by atoms with E-state index < -0.39 is 0 Å². The Balaban J connectivity index is 1.79. The van der Waals surface area contributed by atoms with Gasteiger partial charge in [0.25, 0.3) is 0 Å². The Morgan fingerprint density at radius 1 is 1.38 bits per heavy atom. The van der Waals surface area contributed by atoms with Crippen LogP contribution >= 0.6 is 0 Å². The minimum atomic E-state index is -0.379. The van der Waals surface area contributed by atoms with Gasteiger partial charge >= 0.3 is 5.97 Å². The topological polar surface area (TPSA) is 83.0 Å². The van der Waals surface area contributed by atoms with Crippen molar-refractivity contribution >= 4 is 17.7 Å². The highest BCUT2D eigenvalue weighted by Gasteiger charge is 2.42. The van der Waals surface area contributed by atoms with E-state index in [9.17, 15) is 9.59 Å². The maximum atomic E-state index is 12.2. The predicted octanol–water partition coefficient (Wildman–Crippen LogP) is 1.46. The van der Waals surface area contributed by atoms with E-state index in [1.165, 1.54) is 7.11 Å². The molecule has 0 bridgehead atoms. The lowest BCUT2D eigenvalue weighted by Gasteiger charge is -2.48. The molecular weight excluding hydrogens is 334 g/mol. The minimum absolute atomic E-state index is 0.0204. The second-order valence-corrected chi connectivity index (χ2v) is 7.28. The lowest BCUT2D eigenvalue weighted by atomic mass is 9.73. The zero-order chi connectivity index (χ0) is 18.6. The van der Waals surface area contributed by atoms with Crippen LogP contribution in [0.5, 0.6) is 0 Å². The summed E-state index contributed by atoms with van der Waals surface area (Å²) < 4.78 is 4.90. The summed E-state index contributed by atoms with van der Waals surface area (Å²) in [5.74, 6) is 0.461. The number of aliphatic hydroxyl groups excluding tert-OH is 1. The average Bonchev–Trinajstić information content (AvgIpc) is 2.68. The third kappa shape index (κ3) is 3.82. The number of esters is 1. The molecule has 7 nitrogen and oxygen atoms in total. The molecule has 1 unspecified atom stereocenters. The normalized spacial score (nSPS) is 23.4. The Bertz CT molecular complexity index is 666. The largest absolute Gasteiger partial charge is 0.465 e. The summed E-state index contributed by atoms with van der Waals surface area (Å²) >= 11 is 0. The number of aliphatic hydroxyl groups is 1. The lowest BCUT2D eigenvalue weighted by molar-refractivity contribution is -0.138. The molecule has 0 radical (unpaired) electrons. The molecule has 26 heavy (non-hydrogen) atoms. The standard InChI is InChI=1S/C19H27N3O4/c1-26-18(25)15-5-2-9-20-17(15)22-10-3-7-19(14-22)8-6-16(24)21(13-19)11-4-12-23/h2,5,9,23H,3-4,6-8,10-14H2,1H3. The first-order valence-corrected chi connectivity index (χ1v) is 9.25. The first kappa shape index (κ1) is 18.6. The number of rotatable bonds is 5. The molecule has 1 N–H and O–H groups in total. The fourth-order valence-electron chi connectivity index (χ4n) is 4.21. The Labute approximate surface area is 153 Å². The van der Waals surface area contributed by atoms with Crippen LogP contribution in [0, 0.1) is 5.41 Å². The molecule has 3 rings (SSSR count). The van der Waals surface area contributed by atoms with Crippen LogP contribution < -0.4 is 4.90 Å². The van der Waals surface area contributed by atoms with Gasteiger partial charge < -0.3 is 19.6 Å². The molecule has 2 aliphatic heterocycles. The van der Waals surface area contributed by atoms with E-state index in [-0.39, 0.29) is 23.9 Å². The van der Waals surface area contributed by atoms with Crippen LogP contribution in [0.3, 0.4) is 0 Å². The van der Waals surface area contributed by atoms with E-state index in [0.29, 0.717) is 37.3 Å². The van der Waals surface area contributed by atoms with Crippen molar-refractivity contribution in [1.82, 2.24) is 9.88 Å². The van der Waals surface area contributed by atoms with Crippen molar-refractivity contribution in [3.8, 4) is 0 Å². The summed E-state index contributed by atoms with van der Waals surface area (Å²) in [6, 6.07) is 3.48. The number of piperidine rings is 2. The Morgan fingerprint density at radius 3 is 3.00 bits per heavy atom. The van der Waals surface area contributed by atoms with Crippen LogP contribution in [0.1, 0.15) is 42.5 Å². The quantitative estimate of drug-likeness (QED) is 0.800. The van der Waals surface area contributed by atoms with Gasteiger partial charge in [0.15, 0.2) is 0 Å². The van der Waals surface area contributed by atoms with E-state index in [1.54, 1.807) is 18.3 Å². The molecular formula is C19H27N3O4. The van der Waals surface area contributed by atoms with Gasteiger partial charge in [-0.15, -0.1) is 0 Å². The molecule has 2 saturated heterocycles. The molecule has 0 saturated carbocycles. The predicted molar refractivity (Wildman–Crippen MR) is 97.0 cm³/mol. The van der Waals surface area contributed by atoms with Crippen LogP contribution in [0.25, 0.3) is 0 Å². The zero-order valence-electron chi connectivity index (χ0n) is 15.3. The van der Waals surface area contributed by atoms with Gasteiger partial charge in [-0.1, -0.05) is 0 Å². The van der Waals surface area contributed by atoms with Gasteiger partial charge in [0.2, 0.25) is 5.91 Å². The van der Waals surface area contributed by atoms with E-state index in [1.807, 2.05) is 4.90 Å². The molecule has 1 spiro atoms. The molecule has 2 aliphatic rings. The molecule has 3 heterocycles. The van der Waals surface area contributed by atoms with Gasteiger partial charge in [-0.3, -0.25) is 4.79 Å². The van der Waals surface area contributed by atoms with E-state index >= 15 is 0 Å². The van der Waals surface area contributed by atoms with E-state index in [2.05, 4.69) is 9.88 Å². The summed E-state index contributed by atoms with van der Waals surface area (Å²) in [6.45, 7) is 3.03. The summed E-state index contributed by atoms with van der Waals surface area (Å²) in [4.78, 5) is 32.8. The number of carbonyl (C=O) groups is 2. The maximum Gasteiger partial charge on any atom is 0.341 e. The van der Waals surface area contributed by atoms with Crippen LogP contribution in [-0.4, -0.2) is 66.8 Å². The SMILES string of the molecule is COC(=O)c1cccnc1N1CCCC2(CCC(=O)N(CCCO)C2)C1. The van der Waals surface area contributed by atoms with Crippen molar-refractivity contribution in [2.45, 2.75) is 32.1 Å². The lowest BCUT2D eigenvalue weighted by Crippen LogP contribution is -2.54. The number of hydrogen-bond donors (Lipinski definition) is 1. The van der Waals surface area contributed by atoms with Crippen molar-refractivity contribution in [2.75, 3.05) is 44.8 Å². The van der Waals surface area contributed by atoms with Crippen molar-refractivity contribution in [1.29, 1.82) is 0 Å². The number of carbonyl (C=O) groups excluding carboxylic acids is 2. The maximum absolute atomic E-state index is 12.2. The van der Waals surface area contributed by atoms with E-state index in [0.717, 1.165) is 32.4 Å². The Kier molecular flexibility index (Phi) is 5.76. The first-order valence-electron chi connectivity index (χ1n) is 9.25. The number of hydrogen-bond acceptors (Lipinski definition) is 6. The highest BCUT2D eigenvalue weighted by atomic mass is 16.5. The van der Waals surface area contributed by atoms with Gasteiger partial charge in [0.05, 0.1) is 7.11 Å². The minimum Gasteiger partial charge on any atom is -0.465 e. The molecule has 7 heteroatoms. The van der Waals surface area contributed by atoms with Crippen LogP contribution in [-0.2, 0) is 9.53 Å². The molecule has 1 amide bonds. The number of aromatic nitrogens is 1. The van der Waals surface area contributed by atoms with Crippen LogP contribution in [0.15, 0.2) is 18.3 Å². The molecule has 1 atom stereocenters. The zero-order valence-corrected chi connectivity index (χ0v) is 15.3. The molecule has 142 valence electrons. The van der Waals surface area contributed by atoms with Crippen molar-refractivity contribution in [2.24, 2.45) is 5.41 Å². The number of amides is 1. The fraction of sp³-hybridized carbons (Fsp3) is 0.632. The molecule has 1 aromatic heterocycles. The van der Waals surface area contributed by atoms with Gasteiger partial charge in [-0.25, -0.2) is 9.78 Å². The summed E-state index contributed by atoms with van der Waals surface area (Å²) in [5, 5.41) is 9.08. The number of anilines is 1. The second kappa shape index (κ2) is 8.03. The van der Waals surface area contributed by atoms with Crippen LogP contribution in [0.2, 0.25) is 0 Å². The van der Waals surface area contributed by atoms with Gasteiger partial charge in [0.1, 0.15) is 11.4 Å². The van der Waals surface area contributed by atoms with Gasteiger partial charge in [-0.05, 0) is 37.8 Å². The monoisotopic (exact) mass is 361 g/mol. The Hall–Kier alpha value is -2.15.